The fraction of sp³-hybridized carbons (Fsp3) is 0.462. The molecule has 0 aliphatic carbocycles. The number of carbonyl (C=O) groups is 1. The summed E-state index contributed by atoms with van der Waals surface area (Å²) in [6.45, 7) is 3.56. The van der Waals surface area contributed by atoms with Crippen LogP contribution in [0.25, 0.3) is 4.96 Å². The highest BCUT2D eigenvalue weighted by atomic mass is 32.1. The number of fused-ring (bicyclic) bond motifs is 1. The van der Waals surface area contributed by atoms with Crippen LogP contribution in [0.1, 0.15) is 36.3 Å². The first-order chi connectivity index (χ1) is 9.62. The maximum atomic E-state index is 12.4. The van der Waals surface area contributed by atoms with Crippen molar-refractivity contribution in [3.05, 3.63) is 33.2 Å². The lowest BCUT2D eigenvalue weighted by molar-refractivity contribution is 0.0912. The topological polar surface area (TPSA) is 83.7 Å². The number of hydrogen-bond donors (Lipinski definition) is 2. The minimum Gasteiger partial charge on any atom is -0.394 e. The number of nitrogens with one attached hydrogen (secondary N) is 1. The van der Waals surface area contributed by atoms with Crippen molar-refractivity contribution in [2.75, 3.05) is 6.61 Å². The third-order valence-electron chi connectivity index (χ3n) is 3.15. The Labute approximate surface area is 120 Å². The molecule has 0 fully saturated rings. The number of aliphatic hydroxyl groups excluding tert-OH is 1. The number of rotatable bonds is 5. The summed E-state index contributed by atoms with van der Waals surface area (Å²) in [5, 5.41) is 13.6. The molecule has 0 saturated carbocycles. The van der Waals surface area contributed by atoms with Gasteiger partial charge in [0, 0.05) is 11.6 Å². The lowest BCUT2D eigenvalue weighted by atomic mass is 10.1. The number of aryl methyl sites for hydroxylation is 1. The van der Waals surface area contributed by atoms with Gasteiger partial charge in [0.2, 0.25) is 0 Å². The second-order valence-corrected chi connectivity index (χ2v) is 5.28. The molecule has 0 spiro atoms. The predicted molar refractivity (Wildman–Crippen MR) is 77.3 cm³/mol. The molecule has 6 nitrogen and oxygen atoms in total. The van der Waals surface area contributed by atoms with Gasteiger partial charge in [0.25, 0.3) is 11.5 Å². The summed E-state index contributed by atoms with van der Waals surface area (Å²) in [6.07, 6.45) is 2.70. The Morgan fingerprint density at radius 2 is 2.30 bits per heavy atom. The van der Waals surface area contributed by atoms with E-state index >= 15 is 0 Å². The molecule has 2 aromatic heterocycles. The van der Waals surface area contributed by atoms with Crippen LogP contribution in [0.3, 0.4) is 0 Å². The normalized spacial score (nSPS) is 12.6. The molecule has 2 rings (SSSR count). The summed E-state index contributed by atoms with van der Waals surface area (Å²) >= 11 is 1.35. The zero-order valence-electron chi connectivity index (χ0n) is 11.4. The van der Waals surface area contributed by atoms with Crippen molar-refractivity contribution in [1.82, 2.24) is 14.7 Å². The third kappa shape index (κ3) is 2.59. The molecule has 0 radical (unpaired) electrons. The van der Waals surface area contributed by atoms with E-state index in [1.165, 1.54) is 15.7 Å². The maximum Gasteiger partial charge on any atom is 0.271 e. The highest BCUT2D eigenvalue weighted by Crippen LogP contribution is 2.11. The van der Waals surface area contributed by atoms with Gasteiger partial charge in [-0.15, -0.1) is 11.3 Å². The van der Waals surface area contributed by atoms with Crippen molar-refractivity contribution in [1.29, 1.82) is 0 Å². The van der Waals surface area contributed by atoms with E-state index in [1.54, 1.807) is 11.6 Å². The van der Waals surface area contributed by atoms with Crippen LogP contribution < -0.4 is 10.9 Å². The molecule has 0 bridgehead atoms. The first-order valence-electron chi connectivity index (χ1n) is 6.52. The molecule has 1 atom stereocenters. The zero-order valence-corrected chi connectivity index (χ0v) is 12.2. The van der Waals surface area contributed by atoms with Crippen molar-refractivity contribution in [3.8, 4) is 0 Å². The van der Waals surface area contributed by atoms with E-state index in [0.717, 1.165) is 0 Å². The average Bonchev–Trinajstić information content (AvgIpc) is 2.92. The zero-order chi connectivity index (χ0) is 14.7. The molecule has 1 amide bonds. The summed E-state index contributed by atoms with van der Waals surface area (Å²) in [4.78, 5) is 29.6. The number of carbonyl (C=O) groups excluding carboxylic acids is 1. The minimum absolute atomic E-state index is 0.0651. The fourth-order valence-corrected chi connectivity index (χ4v) is 2.67. The summed E-state index contributed by atoms with van der Waals surface area (Å²) in [5.74, 6) is -0.471. The van der Waals surface area contributed by atoms with E-state index in [2.05, 4.69) is 10.3 Å². The average molecular weight is 295 g/mol. The van der Waals surface area contributed by atoms with E-state index in [1.807, 2.05) is 13.8 Å². The maximum absolute atomic E-state index is 12.4. The first kappa shape index (κ1) is 14.7. The molecule has 0 aliphatic heterocycles. The van der Waals surface area contributed by atoms with Crippen molar-refractivity contribution in [3.63, 3.8) is 0 Å². The van der Waals surface area contributed by atoms with Crippen molar-refractivity contribution < 1.29 is 9.90 Å². The van der Waals surface area contributed by atoms with Crippen molar-refractivity contribution >= 4 is 22.2 Å². The van der Waals surface area contributed by atoms with Crippen LogP contribution in [0.5, 0.6) is 0 Å². The molecule has 0 aliphatic rings. The second-order valence-electron chi connectivity index (χ2n) is 4.41. The molecule has 2 heterocycles. The molecule has 2 aromatic rings. The molecule has 2 N–H and O–H groups in total. The van der Waals surface area contributed by atoms with Crippen LogP contribution >= 0.6 is 11.3 Å². The van der Waals surface area contributed by atoms with Crippen LogP contribution in [0, 0.1) is 0 Å². The Bertz CT molecular complexity index is 673. The highest BCUT2D eigenvalue weighted by molar-refractivity contribution is 7.15. The monoisotopic (exact) mass is 295 g/mol. The standard InChI is InChI=1S/C13H17N3O3S/c1-3-8(7-17)14-11(18)10-9(4-2)15-13-16(12(10)19)5-6-20-13/h5-6,8,17H,3-4,7H2,1-2H3,(H,14,18). The number of hydrogen-bond acceptors (Lipinski definition) is 5. The molecule has 0 saturated heterocycles. The second kappa shape index (κ2) is 6.15. The Kier molecular flexibility index (Phi) is 4.51. The van der Waals surface area contributed by atoms with Crippen LogP contribution in [0.2, 0.25) is 0 Å². The van der Waals surface area contributed by atoms with E-state index in [-0.39, 0.29) is 23.8 Å². The van der Waals surface area contributed by atoms with Gasteiger partial charge >= 0.3 is 0 Å². The van der Waals surface area contributed by atoms with Gasteiger partial charge in [0.1, 0.15) is 5.56 Å². The van der Waals surface area contributed by atoms with E-state index in [4.69, 9.17) is 5.11 Å². The van der Waals surface area contributed by atoms with Gasteiger partial charge < -0.3 is 10.4 Å². The first-order valence-corrected chi connectivity index (χ1v) is 7.40. The van der Waals surface area contributed by atoms with Crippen molar-refractivity contribution in [2.24, 2.45) is 0 Å². The minimum atomic E-state index is -0.471. The van der Waals surface area contributed by atoms with Gasteiger partial charge in [-0.05, 0) is 12.8 Å². The third-order valence-corrected chi connectivity index (χ3v) is 3.91. The largest absolute Gasteiger partial charge is 0.394 e. The van der Waals surface area contributed by atoms with Crippen LogP contribution in [-0.2, 0) is 6.42 Å². The van der Waals surface area contributed by atoms with Gasteiger partial charge in [0.15, 0.2) is 4.96 Å². The number of thiazole rings is 1. The van der Waals surface area contributed by atoms with Gasteiger partial charge in [-0.1, -0.05) is 13.8 Å². The Hall–Kier alpha value is -1.73. The van der Waals surface area contributed by atoms with Crippen LogP contribution in [0.15, 0.2) is 16.4 Å². The van der Waals surface area contributed by atoms with Crippen molar-refractivity contribution in [2.45, 2.75) is 32.7 Å². The van der Waals surface area contributed by atoms with Gasteiger partial charge in [-0.25, -0.2) is 4.98 Å². The van der Waals surface area contributed by atoms with E-state index in [0.29, 0.717) is 23.5 Å². The Balaban J connectivity index is 2.49. The number of amides is 1. The molecule has 108 valence electrons. The molecule has 7 heteroatoms. The number of aliphatic hydroxyl groups is 1. The Morgan fingerprint density at radius 3 is 2.90 bits per heavy atom. The van der Waals surface area contributed by atoms with Gasteiger partial charge in [-0.2, -0.15) is 0 Å². The molecule has 1 unspecified atom stereocenters. The summed E-state index contributed by atoms with van der Waals surface area (Å²) < 4.78 is 1.37. The van der Waals surface area contributed by atoms with Crippen LogP contribution in [0.4, 0.5) is 0 Å². The Morgan fingerprint density at radius 1 is 1.55 bits per heavy atom. The lowest BCUT2D eigenvalue weighted by Gasteiger charge is -2.14. The van der Waals surface area contributed by atoms with Crippen LogP contribution in [-0.4, -0.2) is 33.0 Å². The molecular formula is C13H17N3O3S. The highest BCUT2D eigenvalue weighted by Gasteiger charge is 2.21. The lowest BCUT2D eigenvalue weighted by Crippen LogP contribution is -2.40. The van der Waals surface area contributed by atoms with E-state index < -0.39 is 5.91 Å². The molecule has 20 heavy (non-hydrogen) atoms. The molecule has 0 aromatic carbocycles. The fourth-order valence-electron chi connectivity index (χ4n) is 1.94. The van der Waals surface area contributed by atoms with E-state index in [9.17, 15) is 9.59 Å². The molecular weight excluding hydrogens is 278 g/mol. The SMILES string of the molecule is CCc1nc2sccn2c(=O)c1C(=O)NC(CC)CO. The quantitative estimate of drug-likeness (QED) is 0.855. The van der Waals surface area contributed by atoms with Gasteiger partial charge in [-0.3, -0.25) is 14.0 Å². The summed E-state index contributed by atoms with van der Waals surface area (Å²) in [5.41, 5.74) is 0.191. The number of aromatic nitrogens is 2. The predicted octanol–water partition coefficient (Wildman–Crippen LogP) is 0.819. The smallest absolute Gasteiger partial charge is 0.271 e. The summed E-state index contributed by atoms with van der Waals surface area (Å²) in [6, 6.07) is -0.352. The summed E-state index contributed by atoms with van der Waals surface area (Å²) in [7, 11) is 0. The number of nitrogens with zero attached hydrogens (tertiary/aromatic N) is 2. The van der Waals surface area contributed by atoms with Gasteiger partial charge in [0.05, 0.1) is 18.3 Å².